The summed E-state index contributed by atoms with van der Waals surface area (Å²) in [5.74, 6) is -0.501. The van der Waals surface area contributed by atoms with Crippen LogP contribution in [0.1, 0.15) is 5.56 Å². The molecule has 3 rings (SSSR count). The number of aromatic hydroxyl groups is 1. The molecular formula is C20H17N3O4. The van der Waals surface area contributed by atoms with Gasteiger partial charge in [-0.2, -0.15) is 5.10 Å². The Morgan fingerprint density at radius 2 is 1.59 bits per heavy atom. The van der Waals surface area contributed by atoms with E-state index in [1.807, 2.05) is 60.7 Å². The first-order chi connectivity index (χ1) is 13.1. The Balaban J connectivity index is 2.03. The van der Waals surface area contributed by atoms with Gasteiger partial charge in [0.05, 0.1) is 29.6 Å². The minimum Gasteiger partial charge on any atom is -0.500 e. The molecule has 136 valence electrons. The number of phenolic OH excluding ortho intramolecular Hbond substituents is 1. The number of nitro groups is 1. The predicted molar refractivity (Wildman–Crippen MR) is 104 cm³/mol. The second-order valence-electron chi connectivity index (χ2n) is 5.58. The largest absolute Gasteiger partial charge is 0.500 e. The fourth-order valence-electron chi connectivity index (χ4n) is 2.53. The molecule has 1 N–H and O–H groups in total. The van der Waals surface area contributed by atoms with Crippen LogP contribution in [0.4, 0.5) is 17.1 Å². The van der Waals surface area contributed by atoms with Crippen molar-refractivity contribution in [1.82, 2.24) is 0 Å². The number of para-hydroxylation sites is 2. The van der Waals surface area contributed by atoms with E-state index in [0.29, 0.717) is 5.56 Å². The van der Waals surface area contributed by atoms with Crippen molar-refractivity contribution in [2.45, 2.75) is 0 Å². The molecular weight excluding hydrogens is 346 g/mol. The number of anilines is 2. The Kier molecular flexibility index (Phi) is 5.32. The number of hydrogen-bond acceptors (Lipinski definition) is 6. The van der Waals surface area contributed by atoms with Gasteiger partial charge in [0.1, 0.15) is 0 Å². The topological polar surface area (TPSA) is 88.2 Å². The van der Waals surface area contributed by atoms with Gasteiger partial charge in [0.2, 0.25) is 5.75 Å². The first kappa shape index (κ1) is 17.9. The van der Waals surface area contributed by atoms with Crippen LogP contribution in [0.5, 0.6) is 11.5 Å². The van der Waals surface area contributed by atoms with Gasteiger partial charge >= 0.3 is 5.69 Å². The molecule has 0 aliphatic carbocycles. The maximum atomic E-state index is 11.2. The van der Waals surface area contributed by atoms with Crippen molar-refractivity contribution in [3.63, 3.8) is 0 Å². The minimum atomic E-state index is -0.665. The number of nitro benzene ring substituents is 1. The SMILES string of the molecule is COc1cc(/C=N\N(c2ccccc2)c2ccccc2)cc([N+](=O)[O-])c1O. The molecule has 3 aromatic rings. The number of benzene rings is 3. The zero-order chi connectivity index (χ0) is 19.2. The summed E-state index contributed by atoms with van der Waals surface area (Å²) >= 11 is 0. The quantitative estimate of drug-likeness (QED) is 0.396. The smallest absolute Gasteiger partial charge is 0.315 e. The number of methoxy groups -OCH3 is 1. The standard InChI is InChI=1S/C20H17N3O4/c1-27-19-13-15(12-18(20(19)24)23(25)26)14-21-22(16-8-4-2-5-9-16)17-10-6-3-7-11-17/h2-14,24H,1H3/b21-14-. The monoisotopic (exact) mass is 363 g/mol. The van der Waals surface area contributed by atoms with Crippen molar-refractivity contribution < 1.29 is 14.8 Å². The minimum absolute atomic E-state index is 0.0108. The van der Waals surface area contributed by atoms with E-state index in [2.05, 4.69) is 5.10 Å². The molecule has 0 bridgehead atoms. The van der Waals surface area contributed by atoms with Gasteiger partial charge in [0.25, 0.3) is 0 Å². The van der Waals surface area contributed by atoms with E-state index in [9.17, 15) is 15.2 Å². The zero-order valence-corrected chi connectivity index (χ0v) is 14.5. The molecule has 0 aliphatic rings. The highest BCUT2D eigenvalue weighted by molar-refractivity contribution is 5.84. The Labute approximate surface area is 155 Å². The van der Waals surface area contributed by atoms with Crippen molar-refractivity contribution in [3.8, 4) is 11.5 Å². The molecule has 3 aromatic carbocycles. The van der Waals surface area contributed by atoms with Crippen LogP contribution in [0.3, 0.4) is 0 Å². The number of ether oxygens (including phenoxy) is 1. The van der Waals surface area contributed by atoms with Gasteiger partial charge in [-0.3, -0.25) is 10.1 Å². The Morgan fingerprint density at radius 1 is 1.04 bits per heavy atom. The van der Waals surface area contributed by atoms with E-state index >= 15 is 0 Å². The lowest BCUT2D eigenvalue weighted by Gasteiger charge is -2.19. The number of phenols is 1. The fourth-order valence-corrected chi connectivity index (χ4v) is 2.53. The van der Waals surface area contributed by atoms with Crippen molar-refractivity contribution >= 4 is 23.3 Å². The van der Waals surface area contributed by atoms with Crippen LogP contribution in [-0.2, 0) is 0 Å². The summed E-state index contributed by atoms with van der Waals surface area (Å²) in [5.41, 5.74) is 1.65. The van der Waals surface area contributed by atoms with Gasteiger partial charge in [0, 0.05) is 11.6 Å². The summed E-state index contributed by atoms with van der Waals surface area (Å²) in [6.45, 7) is 0. The lowest BCUT2D eigenvalue weighted by atomic mass is 10.2. The lowest BCUT2D eigenvalue weighted by Crippen LogP contribution is -2.09. The third-order valence-electron chi connectivity index (χ3n) is 3.82. The molecule has 0 atom stereocenters. The van der Waals surface area contributed by atoms with Crippen LogP contribution in [0.2, 0.25) is 0 Å². The molecule has 7 nitrogen and oxygen atoms in total. The first-order valence-electron chi connectivity index (χ1n) is 8.09. The fraction of sp³-hybridized carbons (Fsp3) is 0.0500. The van der Waals surface area contributed by atoms with Crippen LogP contribution in [0.25, 0.3) is 0 Å². The molecule has 0 saturated heterocycles. The average molecular weight is 363 g/mol. The van der Waals surface area contributed by atoms with Crippen molar-refractivity contribution in [1.29, 1.82) is 0 Å². The van der Waals surface area contributed by atoms with Gasteiger partial charge in [-0.15, -0.1) is 0 Å². The highest BCUT2D eigenvalue weighted by Crippen LogP contribution is 2.36. The molecule has 0 aliphatic heterocycles. The van der Waals surface area contributed by atoms with Crippen molar-refractivity contribution in [3.05, 3.63) is 88.5 Å². The molecule has 7 heteroatoms. The molecule has 0 heterocycles. The van der Waals surface area contributed by atoms with Gasteiger partial charge in [-0.1, -0.05) is 36.4 Å². The van der Waals surface area contributed by atoms with Crippen LogP contribution in [-0.4, -0.2) is 23.4 Å². The Bertz CT molecular complexity index is 920. The summed E-state index contributed by atoms with van der Waals surface area (Å²) in [6.07, 6.45) is 1.48. The zero-order valence-electron chi connectivity index (χ0n) is 14.5. The Morgan fingerprint density at radius 3 is 2.07 bits per heavy atom. The summed E-state index contributed by atoms with van der Waals surface area (Å²) in [4.78, 5) is 10.5. The van der Waals surface area contributed by atoms with Crippen LogP contribution in [0, 0.1) is 10.1 Å². The van der Waals surface area contributed by atoms with Crippen LogP contribution >= 0.6 is 0 Å². The van der Waals surface area contributed by atoms with E-state index in [4.69, 9.17) is 4.74 Å². The molecule has 0 radical (unpaired) electrons. The van der Waals surface area contributed by atoms with Crippen LogP contribution in [0.15, 0.2) is 77.9 Å². The molecule has 0 saturated carbocycles. The maximum Gasteiger partial charge on any atom is 0.315 e. The third-order valence-corrected chi connectivity index (χ3v) is 3.82. The molecule has 0 unspecified atom stereocenters. The highest BCUT2D eigenvalue weighted by Gasteiger charge is 2.19. The van der Waals surface area contributed by atoms with Gasteiger partial charge in [-0.25, -0.2) is 5.01 Å². The van der Waals surface area contributed by atoms with Gasteiger partial charge in [-0.05, 0) is 30.3 Å². The first-order valence-corrected chi connectivity index (χ1v) is 8.09. The van der Waals surface area contributed by atoms with E-state index in [0.717, 1.165) is 11.4 Å². The van der Waals surface area contributed by atoms with Gasteiger partial charge < -0.3 is 9.84 Å². The normalized spacial score (nSPS) is 10.7. The second-order valence-corrected chi connectivity index (χ2v) is 5.58. The van der Waals surface area contributed by atoms with E-state index in [1.165, 1.54) is 25.5 Å². The van der Waals surface area contributed by atoms with Crippen LogP contribution < -0.4 is 9.75 Å². The molecule has 0 aromatic heterocycles. The van der Waals surface area contributed by atoms with Crippen molar-refractivity contribution in [2.24, 2.45) is 5.10 Å². The summed E-state index contributed by atoms with van der Waals surface area (Å²) < 4.78 is 5.02. The summed E-state index contributed by atoms with van der Waals surface area (Å²) in [5, 5.41) is 27.3. The number of nitrogens with zero attached hydrogens (tertiary/aromatic N) is 3. The van der Waals surface area contributed by atoms with E-state index < -0.39 is 16.4 Å². The van der Waals surface area contributed by atoms with E-state index in [-0.39, 0.29) is 5.75 Å². The molecule has 27 heavy (non-hydrogen) atoms. The summed E-state index contributed by atoms with van der Waals surface area (Å²) in [6, 6.07) is 21.8. The number of rotatable bonds is 6. The van der Waals surface area contributed by atoms with Crippen molar-refractivity contribution in [2.75, 3.05) is 12.1 Å². The number of hydrogen-bond donors (Lipinski definition) is 1. The number of hydrazone groups is 1. The molecule has 0 fully saturated rings. The lowest BCUT2D eigenvalue weighted by molar-refractivity contribution is -0.386. The highest BCUT2D eigenvalue weighted by atomic mass is 16.6. The summed E-state index contributed by atoms with van der Waals surface area (Å²) in [7, 11) is 1.33. The van der Waals surface area contributed by atoms with E-state index in [1.54, 1.807) is 5.01 Å². The third kappa shape index (κ3) is 4.04. The average Bonchev–Trinajstić information content (AvgIpc) is 2.70. The second kappa shape index (κ2) is 8.01. The Hall–Kier alpha value is -3.87. The molecule has 0 spiro atoms. The predicted octanol–water partition coefficient (Wildman–Crippen LogP) is 4.48. The molecule has 0 amide bonds. The maximum absolute atomic E-state index is 11.2. The van der Waals surface area contributed by atoms with Gasteiger partial charge in [0.15, 0.2) is 5.75 Å².